The molecule has 18 heavy (non-hydrogen) atoms. The van der Waals surface area contributed by atoms with Crippen LogP contribution in [0.15, 0.2) is 0 Å². The van der Waals surface area contributed by atoms with Crippen molar-refractivity contribution in [2.75, 3.05) is 13.2 Å². The summed E-state index contributed by atoms with van der Waals surface area (Å²) < 4.78 is 88.0. The van der Waals surface area contributed by atoms with Crippen molar-refractivity contribution in [3.05, 3.63) is 0 Å². The van der Waals surface area contributed by atoms with Crippen LogP contribution in [0, 0.1) is 0 Å². The summed E-state index contributed by atoms with van der Waals surface area (Å²) in [4.78, 5) is 0. The zero-order chi connectivity index (χ0) is 14.2. The van der Waals surface area contributed by atoms with Gasteiger partial charge in [-0.25, -0.2) is 0 Å². The van der Waals surface area contributed by atoms with Crippen LogP contribution in [-0.2, 0) is 49.9 Å². The van der Waals surface area contributed by atoms with E-state index in [2.05, 4.69) is 7.13 Å². The number of rotatable bonds is 8. The van der Waals surface area contributed by atoms with Crippen molar-refractivity contribution in [1.29, 1.82) is 0 Å². The SMILES string of the molecule is BC([O][Zn][O]CC(F)(F)F)[O][Zn][O]CC(F)(F)F. The first-order valence-electron chi connectivity index (χ1n) is 4.62. The Labute approximate surface area is 116 Å². The van der Waals surface area contributed by atoms with E-state index in [1.807, 2.05) is 0 Å². The summed E-state index contributed by atoms with van der Waals surface area (Å²) in [5.74, 6) is 0. The minimum absolute atomic E-state index is 0.883. The molecule has 0 unspecified atom stereocenters. The van der Waals surface area contributed by atoms with Crippen LogP contribution < -0.4 is 0 Å². The van der Waals surface area contributed by atoms with E-state index in [0.29, 0.717) is 0 Å². The van der Waals surface area contributed by atoms with Crippen LogP contribution in [0.1, 0.15) is 0 Å². The molecule has 0 heterocycles. The minimum atomic E-state index is -4.41. The maximum atomic E-state index is 11.6. The fourth-order valence-electron chi connectivity index (χ4n) is 0.651. The molecule has 0 atom stereocenters. The molecule has 4 nitrogen and oxygen atoms in total. The van der Waals surface area contributed by atoms with E-state index < -0.39 is 67.5 Å². The summed E-state index contributed by atoms with van der Waals surface area (Å²) in [6, 6.07) is 0. The van der Waals surface area contributed by atoms with E-state index in [4.69, 9.17) is 7.13 Å². The molecule has 0 aromatic rings. The van der Waals surface area contributed by atoms with Gasteiger partial charge in [-0.2, -0.15) is 0 Å². The van der Waals surface area contributed by atoms with E-state index in [-0.39, 0.29) is 0 Å². The van der Waals surface area contributed by atoms with Gasteiger partial charge in [-0.05, 0) is 0 Å². The van der Waals surface area contributed by atoms with Crippen molar-refractivity contribution in [3.63, 3.8) is 0 Å². The summed E-state index contributed by atoms with van der Waals surface area (Å²) in [5, 5.41) is 0. The Kier molecular flexibility index (Phi) is 9.17. The molecule has 0 aliphatic carbocycles. The third kappa shape index (κ3) is 14.8. The van der Waals surface area contributed by atoms with Crippen molar-refractivity contribution in [3.8, 4) is 0 Å². The molecule has 0 spiro atoms. The predicted octanol–water partition coefficient (Wildman–Crippen LogP) is 0.919. The Bertz CT molecular complexity index is 205. The molecule has 0 aliphatic rings. The molecule has 0 bridgehead atoms. The number of hydrogen-bond acceptors (Lipinski definition) is 4. The van der Waals surface area contributed by atoms with Crippen LogP contribution in [0.5, 0.6) is 0 Å². The second-order valence-electron chi connectivity index (χ2n) is 3.06. The Morgan fingerprint density at radius 3 is 1.44 bits per heavy atom. The first-order valence-corrected chi connectivity index (χ1v) is 9.47. The fraction of sp³-hybridized carbons (Fsp3) is 1.00. The van der Waals surface area contributed by atoms with Gasteiger partial charge < -0.3 is 0 Å². The topological polar surface area (TPSA) is 36.9 Å². The van der Waals surface area contributed by atoms with Crippen molar-refractivity contribution >= 4 is 7.85 Å². The van der Waals surface area contributed by atoms with Gasteiger partial charge in [0.25, 0.3) is 0 Å². The molecule has 13 heteroatoms. The predicted molar refractivity (Wildman–Crippen MR) is 38.5 cm³/mol. The first kappa shape index (κ1) is 18.7. The van der Waals surface area contributed by atoms with Crippen LogP contribution >= 0.6 is 0 Å². The summed E-state index contributed by atoms with van der Waals surface area (Å²) in [7, 11) is 1.37. The van der Waals surface area contributed by atoms with Gasteiger partial charge in [0.05, 0.1) is 0 Å². The van der Waals surface area contributed by atoms with Crippen molar-refractivity contribution in [2.45, 2.75) is 18.5 Å². The van der Waals surface area contributed by atoms with Crippen LogP contribution in [0.2, 0.25) is 0 Å². The van der Waals surface area contributed by atoms with Crippen LogP contribution in [0.25, 0.3) is 0 Å². The van der Waals surface area contributed by atoms with Crippen LogP contribution in [0.3, 0.4) is 0 Å². The Hall–Kier alpha value is 0.732. The van der Waals surface area contributed by atoms with Gasteiger partial charge in [-0.3, -0.25) is 0 Å². The van der Waals surface area contributed by atoms with E-state index in [9.17, 15) is 26.3 Å². The Morgan fingerprint density at radius 2 is 1.17 bits per heavy atom. The van der Waals surface area contributed by atoms with Gasteiger partial charge in [0, 0.05) is 0 Å². The third-order valence-corrected chi connectivity index (χ3v) is 5.40. The molecular weight excluding hydrogens is 380 g/mol. The second kappa shape index (κ2) is 8.81. The molecule has 0 N–H and O–H groups in total. The summed E-state index contributed by atoms with van der Waals surface area (Å²) in [5.41, 5.74) is 0. The first-order chi connectivity index (χ1) is 8.10. The van der Waals surface area contributed by atoms with Crippen molar-refractivity contribution < 1.29 is 76.3 Å². The van der Waals surface area contributed by atoms with E-state index in [0.717, 1.165) is 0 Å². The standard InChI is InChI=1S/2C2H2F3O.CH3BO2.2Zn/c2*3-2(4,5)1-6;2-1(3)4;;/h2*1H2;1H,2H2;;/q2*-1;-2;2*+2. The molecule has 0 saturated heterocycles. The third-order valence-electron chi connectivity index (χ3n) is 1.30. The van der Waals surface area contributed by atoms with E-state index in [1.54, 1.807) is 0 Å². The van der Waals surface area contributed by atoms with Gasteiger partial charge in [0.15, 0.2) is 0 Å². The second-order valence-corrected chi connectivity index (χ2v) is 7.16. The van der Waals surface area contributed by atoms with Gasteiger partial charge in [-0.15, -0.1) is 0 Å². The number of alkyl halides is 6. The molecule has 0 aliphatic heterocycles. The molecule has 0 rings (SSSR count). The van der Waals surface area contributed by atoms with Gasteiger partial charge in [0.2, 0.25) is 0 Å². The molecular formula is C5H7BF6O4Zn2. The quantitative estimate of drug-likeness (QED) is 0.269. The molecule has 0 aromatic carbocycles. The van der Waals surface area contributed by atoms with Crippen LogP contribution in [0.4, 0.5) is 26.3 Å². The number of halogens is 6. The van der Waals surface area contributed by atoms with Crippen molar-refractivity contribution in [2.24, 2.45) is 0 Å². The normalized spacial score (nSPS) is 12.4. The molecule has 0 fully saturated rings. The zero-order valence-corrected chi connectivity index (χ0v) is 15.2. The maximum absolute atomic E-state index is 11.6. The molecule has 0 amide bonds. The average Bonchev–Trinajstić information content (AvgIpc) is 2.17. The van der Waals surface area contributed by atoms with E-state index >= 15 is 0 Å². The molecule has 0 saturated carbocycles. The Morgan fingerprint density at radius 1 is 0.833 bits per heavy atom. The summed E-state index contributed by atoms with van der Waals surface area (Å²) >= 11 is -4.58. The van der Waals surface area contributed by atoms with Gasteiger partial charge in [0.1, 0.15) is 0 Å². The molecule has 0 radical (unpaired) electrons. The van der Waals surface area contributed by atoms with Gasteiger partial charge >= 0.3 is 116 Å². The zero-order valence-electron chi connectivity index (χ0n) is 9.31. The van der Waals surface area contributed by atoms with Crippen molar-refractivity contribution in [1.82, 2.24) is 0 Å². The monoisotopic (exact) mass is 384 g/mol. The summed E-state index contributed by atoms with van der Waals surface area (Å²) in [6.07, 6.45) is -9.70. The molecule has 0 aromatic heterocycles. The van der Waals surface area contributed by atoms with Gasteiger partial charge in [-0.1, -0.05) is 0 Å². The van der Waals surface area contributed by atoms with Crippen LogP contribution in [-0.4, -0.2) is 39.6 Å². The average molecular weight is 387 g/mol. The Balaban J connectivity index is 3.41. The number of hydrogen-bond donors (Lipinski definition) is 0. The fourth-order valence-corrected chi connectivity index (χ4v) is 4.43. The van der Waals surface area contributed by atoms with E-state index in [1.165, 1.54) is 7.85 Å². The molecule has 100 valence electrons. The summed E-state index contributed by atoms with van der Waals surface area (Å²) in [6.45, 7) is -2.77.